The second kappa shape index (κ2) is 5.90. The number of rotatable bonds is 3. The van der Waals surface area contributed by atoms with Crippen molar-refractivity contribution >= 4 is 27.5 Å². The molecular weight excluding hydrogens is 312 g/mol. The molecule has 1 aliphatic heterocycles. The van der Waals surface area contributed by atoms with Crippen LogP contribution < -0.4 is 11.1 Å². The van der Waals surface area contributed by atoms with Crippen LogP contribution in [0.15, 0.2) is 22.7 Å². The Kier molecular flexibility index (Phi) is 4.44. The molecule has 0 spiro atoms. The zero-order valence-corrected chi connectivity index (χ0v) is 12.1. The van der Waals surface area contributed by atoms with Crippen LogP contribution in [0.4, 0.5) is 5.69 Å². The van der Waals surface area contributed by atoms with Gasteiger partial charge in [-0.15, -0.1) is 0 Å². The van der Waals surface area contributed by atoms with Gasteiger partial charge in [0.25, 0.3) is 5.91 Å². The zero-order valence-electron chi connectivity index (χ0n) is 10.5. The van der Waals surface area contributed by atoms with Crippen LogP contribution in [0.2, 0.25) is 0 Å². The molecule has 0 aromatic heterocycles. The fraction of sp³-hybridized carbons (Fsp3) is 0.462. The van der Waals surface area contributed by atoms with E-state index in [4.69, 9.17) is 10.5 Å². The molecule has 4 N–H and O–H groups in total. The molecular formula is C13H17BrN2O3. The van der Waals surface area contributed by atoms with Crippen molar-refractivity contribution in [2.75, 3.05) is 25.6 Å². The van der Waals surface area contributed by atoms with Gasteiger partial charge in [-0.2, -0.15) is 0 Å². The summed E-state index contributed by atoms with van der Waals surface area (Å²) in [7, 11) is 0. The molecule has 2 rings (SSSR count). The predicted octanol–water partition coefficient (Wildman–Crippen LogP) is 1.30. The van der Waals surface area contributed by atoms with Crippen molar-refractivity contribution in [1.29, 1.82) is 0 Å². The number of aliphatic hydroxyl groups is 1. The molecule has 0 aliphatic carbocycles. The summed E-state index contributed by atoms with van der Waals surface area (Å²) in [5.41, 5.74) is 6.09. The van der Waals surface area contributed by atoms with E-state index in [9.17, 15) is 9.90 Å². The Morgan fingerprint density at radius 2 is 2.16 bits per heavy atom. The summed E-state index contributed by atoms with van der Waals surface area (Å²) in [6.07, 6.45) is 1.21. The van der Waals surface area contributed by atoms with Gasteiger partial charge in [0.05, 0.1) is 17.7 Å². The number of nitrogen functional groups attached to an aromatic ring is 1. The van der Waals surface area contributed by atoms with Crippen molar-refractivity contribution in [2.24, 2.45) is 0 Å². The molecule has 1 aliphatic rings. The van der Waals surface area contributed by atoms with E-state index in [2.05, 4.69) is 21.2 Å². The third-order valence-electron chi connectivity index (χ3n) is 3.37. The molecule has 1 heterocycles. The molecule has 1 fully saturated rings. The molecule has 0 radical (unpaired) electrons. The van der Waals surface area contributed by atoms with E-state index in [-0.39, 0.29) is 12.5 Å². The average molecular weight is 329 g/mol. The molecule has 0 saturated carbocycles. The summed E-state index contributed by atoms with van der Waals surface area (Å²) in [5.74, 6) is -0.241. The molecule has 1 aromatic carbocycles. The smallest absolute Gasteiger partial charge is 0.253 e. The van der Waals surface area contributed by atoms with E-state index < -0.39 is 5.54 Å². The molecule has 5 nitrogen and oxygen atoms in total. The molecule has 0 atom stereocenters. The highest BCUT2D eigenvalue weighted by Crippen LogP contribution is 2.24. The number of anilines is 1. The van der Waals surface area contributed by atoms with Crippen LogP contribution in [0, 0.1) is 0 Å². The van der Waals surface area contributed by atoms with Gasteiger partial charge in [-0.05, 0) is 47.0 Å². The molecule has 1 saturated heterocycles. The van der Waals surface area contributed by atoms with Crippen molar-refractivity contribution in [3.63, 3.8) is 0 Å². The first-order chi connectivity index (χ1) is 9.06. The van der Waals surface area contributed by atoms with E-state index in [1.807, 2.05) is 0 Å². The number of nitrogens with two attached hydrogens (primary N) is 1. The number of ether oxygens (including phenoxy) is 1. The average Bonchev–Trinajstić information content (AvgIpc) is 2.42. The van der Waals surface area contributed by atoms with Crippen molar-refractivity contribution in [3.05, 3.63) is 28.2 Å². The largest absolute Gasteiger partial charge is 0.399 e. The number of nitrogens with one attached hydrogen (secondary N) is 1. The Morgan fingerprint density at radius 1 is 1.47 bits per heavy atom. The van der Waals surface area contributed by atoms with Gasteiger partial charge in [-0.25, -0.2) is 0 Å². The standard InChI is InChI=1S/C13H17BrN2O3/c14-11-2-1-9(15)7-10(11)12(18)16-13(8-17)3-5-19-6-4-13/h1-2,7,17H,3-6,8,15H2,(H,16,18). The zero-order chi connectivity index (χ0) is 13.9. The number of hydrogen-bond acceptors (Lipinski definition) is 4. The highest BCUT2D eigenvalue weighted by molar-refractivity contribution is 9.10. The van der Waals surface area contributed by atoms with E-state index >= 15 is 0 Å². The normalized spacial score (nSPS) is 18.0. The summed E-state index contributed by atoms with van der Waals surface area (Å²) in [5, 5.41) is 12.5. The number of halogens is 1. The van der Waals surface area contributed by atoms with Crippen LogP contribution >= 0.6 is 15.9 Å². The Morgan fingerprint density at radius 3 is 2.79 bits per heavy atom. The Balaban J connectivity index is 2.17. The second-order valence-electron chi connectivity index (χ2n) is 4.74. The summed E-state index contributed by atoms with van der Waals surface area (Å²) >= 11 is 3.33. The fourth-order valence-electron chi connectivity index (χ4n) is 2.11. The van der Waals surface area contributed by atoms with Crippen LogP contribution in [0.5, 0.6) is 0 Å². The molecule has 104 valence electrons. The lowest BCUT2D eigenvalue weighted by atomic mass is 9.90. The first-order valence-electron chi connectivity index (χ1n) is 6.12. The molecule has 0 unspecified atom stereocenters. The first kappa shape index (κ1) is 14.3. The molecule has 1 aromatic rings. The van der Waals surface area contributed by atoms with Gasteiger partial charge in [0, 0.05) is 23.4 Å². The van der Waals surface area contributed by atoms with Gasteiger partial charge in [-0.3, -0.25) is 4.79 Å². The lowest BCUT2D eigenvalue weighted by molar-refractivity contribution is 0.0125. The number of carbonyl (C=O) groups is 1. The third-order valence-corrected chi connectivity index (χ3v) is 4.06. The highest BCUT2D eigenvalue weighted by Gasteiger charge is 2.34. The number of benzene rings is 1. The summed E-state index contributed by atoms with van der Waals surface area (Å²) < 4.78 is 5.94. The lowest BCUT2D eigenvalue weighted by Crippen LogP contribution is -2.54. The molecule has 6 heteroatoms. The number of carbonyl (C=O) groups excluding carboxylic acids is 1. The van der Waals surface area contributed by atoms with Crippen molar-refractivity contribution in [2.45, 2.75) is 18.4 Å². The maximum atomic E-state index is 12.3. The topological polar surface area (TPSA) is 84.6 Å². The van der Waals surface area contributed by atoms with Gasteiger partial charge in [-0.1, -0.05) is 0 Å². The van der Waals surface area contributed by atoms with Crippen LogP contribution in [0.1, 0.15) is 23.2 Å². The number of amides is 1. The van der Waals surface area contributed by atoms with Crippen LogP contribution in [-0.2, 0) is 4.74 Å². The van der Waals surface area contributed by atoms with Crippen LogP contribution in [0.25, 0.3) is 0 Å². The maximum absolute atomic E-state index is 12.3. The summed E-state index contributed by atoms with van der Waals surface area (Å²) in [6, 6.07) is 5.07. The van der Waals surface area contributed by atoms with Gasteiger partial charge in [0.2, 0.25) is 0 Å². The fourth-order valence-corrected chi connectivity index (χ4v) is 2.54. The molecule has 0 bridgehead atoms. The minimum absolute atomic E-state index is 0.0952. The van der Waals surface area contributed by atoms with Gasteiger partial charge in [0.1, 0.15) is 0 Å². The molecule has 19 heavy (non-hydrogen) atoms. The summed E-state index contributed by atoms with van der Waals surface area (Å²) in [6.45, 7) is 0.986. The van der Waals surface area contributed by atoms with Crippen LogP contribution in [-0.4, -0.2) is 36.4 Å². The highest BCUT2D eigenvalue weighted by atomic mass is 79.9. The Hall–Kier alpha value is -1.11. The van der Waals surface area contributed by atoms with E-state index in [0.29, 0.717) is 41.8 Å². The Bertz CT molecular complexity index is 473. The van der Waals surface area contributed by atoms with Crippen molar-refractivity contribution < 1.29 is 14.6 Å². The second-order valence-corrected chi connectivity index (χ2v) is 5.60. The van der Waals surface area contributed by atoms with Crippen molar-refractivity contribution in [3.8, 4) is 0 Å². The van der Waals surface area contributed by atoms with E-state index in [1.165, 1.54) is 0 Å². The minimum atomic E-state index is -0.598. The first-order valence-corrected chi connectivity index (χ1v) is 6.92. The predicted molar refractivity (Wildman–Crippen MR) is 75.9 cm³/mol. The Labute approximate surface area is 120 Å². The van der Waals surface area contributed by atoms with E-state index in [0.717, 1.165) is 0 Å². The van der Waals surface area contributed by atoms with Gasteiger partial charge < -0.3 is 20.9 Å². The SMILES string of the molecule is Nc1ccc(Br)c(C(=O)NC2(CO)CCOCC2)c1. The maximum Gasteiger partial charge on any atom is 0.253 e. The van der Waals surface area contributed by atoms with Gasteiger partial charge >= 0.3 is 0 Å². The monoisotopic (exact) mass is 328 g/mol. The third kappa shape index (κ3) is 3.26. The minimum Gasteiger partial charge on any atom is -0.399 e. The lowest BCUT2D eigenvalue weighted by Gasteiger charge is -2.36. The number of aliphatic hydroxyl groups excluding tert-OH is 1. The molecule has 1 amide bonds. The number of hydrogen-bond donors (Lipinski definition) is 3. The van der Waals surface area contributed by atoms with E-state index in [1.54, 1.807) is 18.2 Å². The quantitative estimate of drug-likeness (QED) is 0.730. The summed E-state index contributed by atoms with van der Waals surface area (Å²) in [4.78, 5) is 12.3. The van der Waals surface area contributed by atoms with Crippen molar-refractivity contribution in [1.82, 2.24) is 5.32 Å². The van der Waals surface area contributed by atoms with Crippen LogP contribution in [0.3, 0.4) is 0 Å². The van der Waals surface area contributed by atoms with Gasteiger partial charge in [0.15, 0.2) is 0 Å².